The average molecular weight is 893 g/mol. The quantitative estimate of drug-likeness (QED) is 0.0212. The summed E-state index contributed by atoms with van der Waals surface area (Å²) in [6.07, 6.45) is 58.9. The monoisotopic (exact) mass is 893 g/mol. The van der Waals surface area contributed by atoms with E-state index in [1.54, 1.807) is 0 Å². The molecule has 0 amide bonds. The number of quaternary nitrogens is 1. The number of unbranched alkanes of at least 4 members (excludes halogenated alkanes) is 10. The maximum Gasteiger partial charge on any atom is 0.361 e. The minimum absolute atomic E-state index is 0.171. The number of carbonyl (C=O) groups excluding carboxylic acids is 2. The first kappa shape index (κ1) is 60.0. The highest BCUT2D eigenvalue weighted by atomic mass is 16.7. The van der Waals surface area contributed by atoms with Crippen molar-refractivity contribution in [2.45, 2.75) is 174 Å². The number of carboxylic acids is 1. The Morgan fingerprint density at radius 1 is 0.484 bits per heavy atom. The largest absolute Gasteiger partial charge is 0.477 e. The van der Waals surface area contributed by atoms with E-state index in [0.717, 1.165) is 77.0 Å². The van der Waals surface area contributed by atoms with Crippen molar-refractivity contribution in [3.63, 3.8) is 0 Å². The maximum atomic E-state index is 12.8. The molecule has 362 valence electrons. The zero-order valence-electron chi connectivity index (χ0n) is 40.9. The number of carbonyl (C=O) groups is 3. The Hall–Kier alpha value is -4.05. The Labute approximate surface area is 390 Å². The third kappa shape index (κ3) is 46.0. The van der Waals surface area contributed by atoms with E-state index in [9.17, 15) is 19.5 Å². The van der Waals surface area contributed by atoms with Crippen LogP contribution in [0.25, 0.3) is 0 Å². The van der Waals surface area contributed by atoms with Crippen molar-refractivity contribution in [2.75, 3.05) is 47.5 Å². The van der Waals surface area contributed by atoms with Crippen LogP contribution in [0.3, 0.4) is 0 Å². The number of carboxylic acid groups (broad SMARTS) is 1. The second-order valence-corrected chi connectivity index (χ2v) is 17.0. The van der Waals surface area contributed by atoms with Gasteiger partial charge in [-0.3, -0.25) is 9.59 Å². The van der Waals surface area contributed by atoms with E-state index in [0.29, 0.717) is 23.9 Å². The molecular formula is C55H90NO8+. The molecule has 9 nitrogen and oxygen atoms in total. The molecule has 0 aromatic carbocycles. The van der Waals surface area contributed by atoms with Crippen LogP contribution in [0, 0.1) is 0 Å². The van der Waals surface area contributed by atoms with Crippen molar-refractivity contribution in [3.05, 3.63) is 109 Å². The molecule has 0 fully saturated rings. The first-order valence-electron chi connectivity index (χ1n) is 24.6. The Balaban J connectivity index is 4.43. The summed E-state index contributed by atoms with van der Waals surface area (Å²) in [7, 11) is 5.92. The van der Waals surface area contributed by atoms with E-state index in [-0.39, 0.29) is 38.6 Å². The van der Waals surface area contributed by atoms with Gasteiger partial charge in [-0.1, -0.05) is 181 Å². The molecule has 0 rings (SSSR count). The third-order valence-corrected chi connectivity index (χ3v) is 9.79. The van der Waals surface area contributed by atoms with Crippen LogP contribution in [-0.4, -0.2) is 87.4 Å². The zero-order valence-corrected chi connectivity index (χ0v) is 40.9. The molecule has 0 heterocycles. The molecule has 0 saturated carbocycles. The summed E-state index contributed by atoms with van der Waals surface area (Å²) < 4.78 is 22.6. The number of aliphatic carboxylic acids is 1. The van der Waals surface area contributed by atoms with Crippen LogP contribution in [0.15, 0.2) is 109 Å². The summed E-state index contributed by atoms with van der Waals surface area (Å²) in [5.41, 5.74) is 0. The minimum Gasteiger partial charge on any atom is -0.477 e. The fourth-order valence-corrected chi connectivity index (χ4v) is 6.01. The molecule has 0 aromatic heterocycles. The van der Waals surface area contributed by atoms with Crippen LogP contribution in [0.5, 0.6) is 0 Å². The molecule has 9 heteroatoms. The van der Waals surface area contributed by atoms with Crippen LogP contribution in [0.4, 0.5) is 0 Å². The van der Waals surface area contributed by atoms with Crippen molar-refractivity contribution in [1.29, 1.82) is 0 Å². The van der Waals surface area contributed by atoms with Crippen LogP contribution in [0.1, 0.15) is 162 Å². The summed E-state index contributed by atoms with van der Waals surface area (Å²) in [6, 6.07) is 0. The molecule has 0 aliphatic heterocycles. The molecule has 0 aromatic rings. The number of likely N-dealkylation sites (N-methyl/N-ethyl adjacent to an activating group) is 1. The number of rotatable bonds is 43. The SMILES string of the molecule is CC/C=C\C/C=C\C/C=C\C/C=C\C/C=C\C/C=C\C/C=C\C/C=C\C/C=C\CCCC(=O)OC(COC(=O)CCCCCCCCCCCC)COC(OCC[N+](C)(C)C)C(=O)O. The molecule has 0 spiro atoms. The van der Waals surface area contributed by atoms with Gasteiger partial charge in [-0.05, 0) is 77.0 Å². The lowest BCUT2D eigenvalue weighted by atomic mass is 10.1. The first-order chi connectivity index (χ1) is 31.1. The van der Waals surface area contributed by atoms with E-state index in [4.69, 9.17) is 18.9 Å². The fourth-order valence-electron chi connectivity index (χ4n) is 6.01. The lowest BCUT2D eigenvalue weighted by molar-refractivity contribution is -0.870. The summed E-state index contributed by atoms with van der Waals surface area (Å²) >= 11 is 0. The van der Waals surface area contributed by atoms with Crippen molar-refractivity contribution < 1.29 is 42.9 Å². The van der Waals surface area contributed by atoms with Crippen LogP contribution < -0.4 is 0 Å². The highest BCUT2D eigenvalue weighted by Crippen LogP contribution is 2.13. The Morgan fingerprint density at radius 2 is 0.891 bits per heavy atom. The molecule has 0 aliphatic carbocycles. The van der Waals surface area contributed by atoms with Crippen molar-refractivity contribution in [2.24, 2.45) is 0 Å². The molecular weight excluding hydrogens is 803 g/mol. The Kier molecular flexibility index (Phi) is 42.6. The summed E-state index contributed by atoms with van der Waals surface area (Å²) in [6.45, 7) is 4.64. The van der Waals surface area contributed by atoms with Gasteiger partial charge in [-0.25, -0.2) is 4.79 Å². The molecule has 0 radical (unpaired) electrons. The van der Waals surface area contributed by atoms with Gasteiger partial charge < -0.3 is 28.5 Å². The van der Waals surface area contributed by atoms with Gasteiger partial charge in [0.25, 0.3) is 6.29 Å². The van der Waals surface area contributed by atoms with Gasteiger partial charge in [0.1, 0.15) is 13.2 Å². The second-order valence-electron chi connectivity index (χ2n) is 17.0. The number of nitrogens with zero attached hydrogens (tertiary/aromatic N) is 1. The lowest BCUT2D eigenvalue weighted by Gasteiger charge is -2.25. The summed E-state index contributed by atoms with van der Waals surface area (Å²) in [5, 5.41) is 9.63. The van der Waals surface area contributed by atoms with E-state index in [1.807, 2.05) is 21.1 Å². The Bertz CT molecular complexity index is 1410. The van der Waals surface area contributed by atoms with Gasteiger partial charge in [-0.15, -0.1) is 0 Å². The standard InChI is InChI=1S/C55H89NO8/c1-6-8-10-12-14-16-18-19-20-21-22-23-24-25-26-27-28-29-30-31-32-33-34-35-36-38-40-42-44-46-53(58)64-51(50-63-55(54(59)60)61-48-47-56(3,4)5)49-62-52(57)45-43-41-39-37-17-15-13-11-9-7-2/h8,10,14,16,19-20,22-23,25-26,28-29,31-32,34-35,38,40,51,55H,6-7,9,11-13,15,17-18,21,24,27,30,33,36-37,39,41-50H2,1-5H3/p+1/b10-8-,16-14-,20-19-,23-22-,26-25-,29-28-,32-31-,35-34-,40-38-. The first-order valence-corrected chi connectivity index (χ1v) is 24.6. The molecule has 64 heavy (non-hydrogen) atoms. The van der Waals surface area contributed by atoms with Gasteiger partial charge in [0.2, 0.25) is 0 Å². The number of ether oxygens (including phenoxy) is 4. The summed E-state index contributed by atoms with van der Waals surface area (Å²) in [5.74, 6) is -2.11. The van der Waals surface area contributed by atoms with E-state index in [1.165, 1.54) is 44.9 Å². The van der Waals surface area contributed by atoms with Gasteiger partial charge in [0.05, 0.1) is 34.4 Å². The second kappa shape index (κ2) is 45.5. The highest BCUT2D eigenvalue weighted by molar-refractivity contribution is 5.71. The topological polar surface area (TPSA) is 108 Å². The average Bonchev–Trinajstić information content (AvgIpc) is 3.26. The smallest absolute Gasteiger partial charge is 0.361 e. The number of hydrogen-bond acceptors (Lipinski definition) is 7. The van der Waals surface area contributed by atoms with Gasteiger partial charge in [0.15, 0.2) is 6.10 Å². The van der Waals surface area contributed by atoms with Gasteiger partial charge >= 0.3 is 17.9 Å². The molecule has 2 unspecified atom stereocenters. The van der Waals surface area contributed by atoms with E-state index in [2.05, 4.69) is 123 Å². The molecule has 2 atom stereocenters. The van der Waals surface area contributed by atoms with Gasteiger partial charge in [0, 0.05) is 12.8 Å². The fraction of sp³-hybridized carbons (Fsp3) is 0.618. The van der Waals surface area contributed by atoms with Crippen LogP contribution in [0.2, 0.25) is 0 Å². The Morgan fingerprint density at radius 3 is 1.31 bits per heavy atom. The zero-order chi connectivity index (χ0) is 47.0. The van der Waals surface area contributed by atoms with Gasteiger partial charge in [-0.2, -0.15) is 0 Å². The van der Waals surface area contributed by atoms with Crippen LogP contribution in [-0.2, 0) is 33.3 Å². The number of hydrogen-bond donors (Lipinski definition) is 1. The number of allylic oxidation sites excluding steroid dienone is 18. The van der Waals surface area contributed by atoms with Crippen molar-refractivity contribution in [1.82, 2.24) is 0 Å². The predicted octanol–water partition coefficient (Wildman–Crippen LogP) is 13.6. The molecule has 1 N–H and O–H groups in total. The third-order valence-electron chi connectivity index (χ3n) is 9.79. The molecule has 0 saturated heterocycles. The normalized spacial score (nSPS) is 13.8. The summed E-state index contributed by atoms with van der Waals surface area (Å²) in [4.78, 5) is 37.1. The van der Waals surface area contributed by atoms with E-state index < -0.39 is 24.3 Å². The maximum absolute atomic E-state index is 12.8. The number of esters is 2. The lowest BCUT2D eigenvalue weighted by Crippen LogP contribution is -2.40. The van der Waals surface area contributed by atoms with Crippen molar-refractivity contribution >= 4 is 17.9 Å². The minimum atomic E-state index is -1.53. The highest BCUT2D eigenvalue weighted by Gasteiger charge is 2.25. The van der Waals surface area contributed by atoms with Crippen LogP contribution >= 0.6 is 0 Å². The predicted molar refractivity (Wildman–Crippen MR) is 267 cm³/mol. The molecule has 0 bridgehead atoms. The van der Waals surface area contributed by atoms with E-state index >= 15 is 0 Å². The van der Waals surface area contributed by atoms with Crippen molar-refractivity contribution in [3.8, 4) is 0 Å². The molecule has 0 aliphatic rings.